The van der Waals surface area contributed by atoms with E-state index in [9.17, 15) is 13.2 Å². The van der Waals surface area contributed by atoms with Crippen molar-refractivity contribution < 1.29 is 13.2 Å². The van der Waals surface area contributed by atoms with Gasteiger partial charge in [-0.25, -0.2) is 8.42 Å². The van der Waals surface area contributed by atoms with Gasteiger partial charge in [-0.2, -0.15) is 0 Å². The number of rotatable bonds is 4. The van der Waals surface area contributed by atoms with Crippen molar-refractivity contribution in [3.63, 3.8) is 0 Å². The molecule has 4 nitrogen and oxygen atoms in total. The number of ketones is 1. The molecule has 0 N–H and O–H groups in total. The molecule has 1 unspecified atom stereocenters. The molecule has 5 heteroatoms. The largest absolute Gasteiger partial charge is 0.293 e. The van der Waals surface area contributed by atoms with Crippen LogP contribution in [0.15, 0.2) is 4.99 Å². The van der Waals surface area contributed by atoms with E-state index in [1.165, 1.54) is 12.8 Å². The second-order valence-electron chi connectivity index (χ2n) is 5.11. The van der Waals surface area contributed by atoms with Gasteiger partial charge in [-0.05, 0) is 25.7 Å². The van der Waals surface area contributed by atoms with Crippen molar-refractivity contribution in [2.45, 2.75) is 44.3 Å². The van der Waals surface area contributed by atoms with Crippen LogP contribution in [0.1, 0.15) is 39.0 Å². The fourth-order valence-electron chi connectivity index (χ4n) is 2.09. The van der Waals surface area contributed by atoms with E-state index in [1.807, 2.05) is 0 Å². The first kappa shape index (κ1) is 12.7. The van der Waals surface area contributed by atoms with Crippen molar-refractivity contribution in [3.8, 4) is 0 Å². The zero-order valence-electron chi connectivity index (χ0n) is 10.2. The van der Waals surface area contributed by atoms with Gasteiger partial charge in [0.25, 0.3) is 0 Å². The highest BCUT2D eigenvalue weighted by molar-refractivity contribution is 7.92. The molecule has 0 radical (unpaired) electrons. The first-order valence-electron chi connectivity index (χ1n) is 6.25. The van der Waals surface area contributed by atoms with Crippen LogP contribution < -0.4 is 0 Å². The van der Waals surface area contributed by atoms with Gasteiger partial charge in [0.1, 0.15) is 0 Å². The molecule has 2 rings (SSSR count). The number of hydrogen-bond donors (Lipinski definition) is 0. The molecule has 1 aliphatic heterocycles. The Balaban J connectivity index is 1.98. The van der Waals surface area contributed by atoms with Gasteiger partial charge < -0.3 is 0 Å². The number of sulfone groups is 1. The van der Waals surface area contributed by atoms with Crippen LogP contribution in [-0.4, -0.2) is 37.5 Å². The SMILES string of the molecule is CC1=NCC(S(=O)(=O)CCC2CC2)CCC1=O. The molecule has 0 bridgehead atoms. The van der Waals surface area contributed by atoms with Crippen molar-refractivity contribution in [2.24, 2.45) is 10.9 Å². The molecule has 0 aromatic heterocycles. The maximum absolute atomic E-state index is 12.1. The van der Waals surface area contributed by atoms with Crippen molar-refractivity contribution in [3.05, 3.63) is 0 Å². The minimum atomic E-state index is -3.07. The Kier molecular flexibility index (Phi) is 3.66. The summed E-state index contributed by atoms with van der Waals surface area (Å²) in [5.41, 5.74) is 0.477. The summed E-state index contributed by atoms with van der Waals surface area (Å²) in [5, 5.41) is -0.442. The number of hydrogen-bond acceptors (Lipinski definition) is 4. The molecule has 1 aliphatic carbocycles. The third-order valence-corrected chi connectivity index (χ3v) is 5.85. The fraction of sp³-hybridized carbons (Fsp3) is 0.833. The highest BCUT2D eigenvalue weighted by Gasteiger charge is 2.31. The van der Waals surface area contributed by atoms with Crippen LogP contribution in [0.5, 0.6) is 0 Å². The molecule has 0 amide bonds. The van der Waals surface area contributed by atoms with Crippen LogP contribution in [0.3, 0.4) is 0 Å². The molecule has 0 spiro atoms. The maximum atomic E-state index is 12.1. The average molecular weight is 257 g/mol. The third kappa shape index (κ3) is 3.37. The van der Waals surface area contributed by atoms with Crippen molar-refractivity contribution in [2.75, 3.05) is 12.3 Å². The Morgan fingerprint density at radius 3 is 2.65 bits per heavy atom. The van der Waals surface area contributed by atoms with Crippen LogP contribution in [0, 0.1) is 5.92 Å². The van der Waals surface area contributed by atoms with Gasteiger partial charge in [-0.1, -0.05) is 12.8 Å². The van der Waals surface area contributed by atoms with Gasteiger partial charge >= 0.3 is 0 Å². The molecule has 0 saturated heterocycles. The van der Waals surface area contributed by atoms with Crippen molar-refractivity contribution in [1.82, 2.24) is 0 Å². The minimum absolute atomic E-state index is 0.00936. The van der Waals surface area contributed by atoms with Crippen LogP contribution in [-0.2, 0) is 14.6 Å². The monoisotopic (exact) mass is 257 g/mol. The maximum Gasteiger partial charge on any atom is 0.176 e. The molecule has 2 aliphatic rings. The van der Waals surface area contributed by atoms with Crippen LogP contribution in [0.25, 0.3) is 0 Å². The van der Waals surface area contributed by atoms with Gasteiger partial charge in [0.15, 0.2) is 15.6 Å². The Hall–Kier alpha value is -0.710. The summed E-state index contributed by atoms with van der Waals surface area (Å²) in [6.45, 7) is 1.94. The summed E-state index contributed by atoms with van der Waals surface area (Å²) in [7, 11) is -3.07. The number of carbonyl (C=O) groups excluding carboxylic acids is 1. The van der Waals surface area contributed by atoms with E-state index in [4.69, 9.17) is 0 Å². The third-order valence-electron chi connectivity index (χ3n) is 3.64. The molecule has 1 fully saturated rings. The highest BCUT2D eigenvalue weighted by atomic mass is 32.2. The average Bonchev–Trinajstić information content (AvgIpc) is 3.08. The molecule has 17 heavy (non-hydrogen) atoms. The lowest BCUT2D eigenvalue weighted by molar-refractivity contribution is -0.113. The summed E-state index contributed by atoms with van der Waals surface area (Å²) in [4.78, 5) is 15.5. The van der Waals surface area contributed by atoms with Crippen molar-refractivity contribution in [1.29, 1.82) is 0 Å². The second-order valence-corrected chi connectivity index (χ2v) is 7.51. The molecule has 1 saturated carbocycles. The Bertz CT molecular complexity index is 435. The zero-order valence-corrected chi connectivity index (χ0v) is 11.0. The van der Waals surface area contributed by atoms with Gasteiger partial charge in [-0.15, -0.1) is 0 Å². The smallest absolute Gasteiger partial charge is 0.176 e. The Morgan fingerprint density at radius 2 is 2.00 bits per heavy atom. The summed E-state index contributed by atoms with van der Waals surface area (Å²) >= 11 is 0. The van der Waals surface area contributed by atoms with E-state index >= 15 is 0 Å². The summed E-state index contributed by atoms with van der Waals surface area (Å²) in [6, 6.07) is 0. The predicted molar refractivity (Wildman–Crippen MR) is 67.1 cm³/mol. The van der Waals surface area contributed by atoms with Gasteiger partial charge in [0.05, 0.1) is 23.3 Å². The normalized spacial score (nSPS) is 26.5. The number of carbonyl (C=O) groups is 1. The first-order chi connectivity index (χ1) is 7.99. The first-order valence-corrected chi connectivity index (χ1v) is 7.96. The predicted octanol–water partition coefficient (Wildman–Crippen LogP) is 1.39. The quantitative estimate of drug-likeness (QED) is 0.764. The zero-order chi connectivity index (χ0) is 12.5. The van der Waals surface area contributed by atoms with E-state index in [1.54, 1.807) is 6.92 Å². The number of Topliss-reactive ketones (excluding diaryl/α,β-unsaturated/α-hetero) is 1. The molecule has 96 valence electrons. The van der Waals surface area contributed by atoms with Crippen molar-refractivity contribution >= 4 is 21.3 Å². The lowest BCUT2D eigenvalue weighted by Gasteiger charge is -2.13. The summed E-state index contributed by atoms with van der Waals surface area (Å²) in [5.74, 6) is 0.887. The van der Waals surface area contributed by atoms with E-state index in [-0.39, 0.29) is 18.1 Å². The van der Waals surface area contributed by atoms with Crippen LogP contribution in [0.4, 0.5) is 0 Å². The summed E-state index contributed by atoms with van der Waals surface area (Å²) < 4.78 is 24.2. The topological polar surface area (TPSA) is 63.6 Å². The number of nitrogens with zero attached hydrogens (tertiary/aromatic N) is 1. The van der Waals surface area contributed by atoms with Gasteiger partial charge in [0.2, 0.25) is 0 Å². The molecular formula is C12H19NO3S. The van der Waals surface area contributed by atoms with Gasteiger partial charge in [-0.3, -0.25) is 9.79 Å². The van der Waals surface area contributed by atoms with Gasteiger partial charge in [0, 0.05) is 6.42 Å². The van der Waals surface area contributed by atoms with Crippen LogP contribution in [0.2, 0.25) is 0 Å². The highest BCUT2D eigenvalue weighted by Crippen LogP contribution is 2.33. The second kappa shape index (κ2) is 4.88. The molecule has 0 aromatic rings. The lowest BCUT2D eigenvalue weighted by atomic mass is 10.1. The van der Waals surface area contributed by atoms with E-state index in [0.29, 0.717) is 24.5 Å². The molecule has 1 atom stereocenters. The Morgan fingerprint density at radius 1 is 1.29 bits per heavy atom. The fourth-order valence-corrected chi connectivity index (χ4v) is 3.86. The molecule has 0 aromatic carbocycles. The van der Waals surface area contributed by atoms with Crippen LogP contribution >= 0.6 is 0 Å². The standard InChI is InChI=1S/C12H19NO3S/c1-9-12(14)5-4-11(8-13-9)17(15,16)7-6-10-2-3-10/h10-11H,2-8H2,1H3. The van der Waals surface area contributed by atoms with E-state index in [2.05, 4.69) is 4.99 Å². The summed E-state index contributed by atoms with van der Waals surface area (Å²) in [6.07, 6.45) is 3.90. The molecule has 1 heterocycles. The minimum Gasteiger partial charge on any atom is -0.293 e. The Labute approximate surface area is 102 Å². The number of aliphatic imine (C=N–C) groups is 1. The van der Waals surface area contributed by atoms with E-state index in [0.717, 1.165) is 6.42 Å². The van der Waals surface area contributed by atoms with E-state index < -0.39 is 15.1 Å². The lowest BCUT2D eigenvalue weighted by Crippen LogP contribution is -2.27. The molecular weight excluding hydrogens is 238 g/mol.